The molecule has 0 saturated carbocycles. The first kappa shape index (κ1) is 16.5. The molecule has 3 aromatic rings. The normalized spacial score (nSPS) is 14.5. The van der Waals surface area contributed by atoms with Crippen molar-refractivity contribution in [1.82, 2.24) is 25.8 Å². The van der Waals surface area contributed by atoms with E-state index >= 15 is 0 Å². The highest BCUT2D eigenvalue weighted by Crippen LogP contribution is 2.22. The number of hydrogen-bond acceptors (Lipinski definition) is 4. The maximum absolute atomic E-state index is 12.6. The van der Waals surface area contributed by atoms with Crippen LogP contribution in [0.2, 0.25) is 0 Å². The highest BCUT2D eigenvalue weighted by Gasteiger charge is 2.22. The van der Waals surface area contributed by atoms with Gasteiger partial charge in [0.2, 0.25) is 0 Å². The third-order valence-electron chi connectivity index (χ3n) is 4.79. The van der Waals surface area contributed by atoms with Gasteiger partial charge in [0.15, 0.2) is 5.69 Å². The number of hydrogen-bond donors (Lipinski definition) is 3. The first-order valence-electron chi connectivity index (χ1n) is 8.80. The Hall–Kier alpha value is -2.99. The summed E-state index contributed by atoms with van der Waals surface area (Å²) in [5.74, 6) is -0.142. The van der Waals surface area contributed by atoms with E-state index in [2.05, 4.69) is 37.9 Å². The lowest BCUT2D eigenvalue weighted by Crippen LogP contribution is -2.30. The lowest BCUT2D eigenvalue weighted by atomic mass is 10.0. The first-order chi connectivity index (χ1) is 12.7. The van der Waals surface area contributed by atoms with Gasteiger partial charge >= 0.3 is 0 Å². The Morgan fingerprint density at radius 3 is 2.62 bits per heavy atom. The molecule has 2 aromatic heterocycles. The second kappa shape index (κ2) is 7.09. The lowest BCUT2D eigenvalue weighted by Gasteiger charge is -2.16. The highest BCUT2D eigenvalue weighted by molar-refractivity contribution is 5.94. The van der Waals surface area contributed by atoms with Crippen LogP contribution in [0, 0.1) is 0 Å². The lowest BCUT2D eigenvalue weighted by molar-refractivity contribution is 0.0933. The smallest absolute Gasteiger partial charge is 0.272 e. The Morgan fingerprint density at radius 1 is 1.12 bits per heavy atom. The number of amides is 1. The molecule has 3 heterocycles. The number of carbonyl (C=O) groups is 1. The molecule has 6 nitrogen and oxygen atoms in total. The molecule has 1 atom stereocenters. The maximum Gasteiger partial charge on any atom is 0.272 e. The molecule has 1 aliphatic rings. The molecule has 0 bridgehead atoms. The predicted octanol–water partition coefficient (Wildman–Crippen LogP) is 2.61. The molecule has 3 N–H and O–H groups in total. The zero-order valence-corrected chi connectivity index (χ0v) is 14.6. The number of nitrogens with one attached hydrogen (secondary N) is 3. The fourth-order valence-electron chi connectivity index (χ4n) is 3.27. The number of benzene rings is 1. The minimum absolute atomic E-state index is 0.0992. The number of aromatic amines is 1. The van der Waals surface area contributed by atoms with E-state index in [0.717, 1.165) is 40.9 Å². The molecule has 1 unspecified atom stereocenters. The molecular formula is C20H21N5O. The summed E-state index contributed by atoms with van der Waals surface area (Å²) < 4.78 is 0. The zero-order chi connectivity index (χ0) is 17.9. The van der Waals surface area contributed by atoms with Crippen LogP contribution < -0.4 is 10.6 Å². The van der Waals surface area contributed by atoms with Crippen molar-refractivity contribution >= 4 is 5.91 Å². The Balaban J connectivity index is 1.47. The SMILES string of the molecule is CC(NC(=O)c1n[nH]c2c1CNCC2)c1ccc(-c2ccncc2)cc1. The Morgan fingerprint density at radius 2 is 1.85 bits per heavy atom. The van der Waals surface area contributed by atoms with Crippen LogP contribution >= 0.6 is 0 Å². The van der Waals surface area contributed by atoms with Crippen LogP contribution in [-0.4, -0.2) is 27.6 Å². The fraction of sp³-hybridized carbons (Fsp3) is 0.250. The van der Waals surface area contributed by atoms with Crippen molar-refractivity contribution in [3.8, 4) is 11.1 Å². The molecule has 132 valence electrons. The van der Waals surface area contributed by atoms with Crippen molar-refractivity contribution in [2.24, 2.45) is 0 Å². The van der Waals surface area contributed by atoms with Gasteiger partial charge < -0.3 is 10.6 Å². The van der Waals surface area contributed by atoms with Gasteiger partial charge in [-0.15, -0.1) is 0 Å². The van der Waals surface area contributed by atoms with Crippen molar-refractivity contribution in [2.75, 3.05) is 6.54 Å². The van der Waals surface area contributed by atoms with Gasteiger partial charge in [-0.25, -0.2) is 0 Å². The standard InChI is InChI=1S/C20H21N5O/c1-13(14-2-4-15(5-3-14)16-6-9-21-10-7-16)23-20(26)19-17-12-22-11-8-18(17)24-25-19/h2-7,9-10,13,22H,8,11-12H2,1H3,(H,23,26)(H,24,25). The average molecular weight is 347 g/mol. The topological polar surface area (TPSA) is 82.7 Å². The number of carbonyl (C=O) groups excluding carboxylic acids is 1. The van der Waals surface area contributed by atoms with Gasteiger partial charge in [-0.05, 0) is 35.7 Å². The van der Waals surface area contributed by atoms with Crippen LogP contribution in [0.25, 0.3) is 11.1 Å². The molecule has 1 amide bonds. The molecule has 0 fully saturated rings. The molecule has 6 heteroatoms. The Labute approximate surface area is 152 Å². The van der Waals surface area contributed by atoms with E-state index < -0.39 is 0 Å². The van der Waals surface area contributed by atoms with Crippen LogP contribution in [-0.2, 0) is 13.0 Å². The molecule has 0 aliphatic carbocycles. The summed E-state index contributed by atoms with van der Waals surface area (Å²) in [6.45, 7) is 3.58. The van der Waals surface area contributed by atoms with Gasteiger partial charge in [0.25, 0.3) is 5.91 Å². The number of rotatable bonds is 4. The molecule has 1 aromatic carbocycles. The summed E-state index contributed by atoms with van der Waals surface area (Å²) in [7, 11) is 0. The minimum Gasteiger partial charge on any atom is -0.344 e. The number of fused-ring (bicyclic) bond motifs is 1. The van der Waals surface area contributed by atoms with Crippen LogP contribution in [0.3, 0.4) is 0 Å². The van der Waals surface area contributed by atoms with E-state index in [1.807, 2.05) is 31.2 Å². The van der Waals surface area contributed by atoms with E-state index in [1.165, 1.54) is 0 Å². The fourth-order valence-corrected chi connectivity index (χ4v) is 3.27. The van der Waals surface area contributed by atoms with Gasteiger partial charge in [0.1, 0.15) is 0 Å². The van der Waals surface area contributed by atoms with Crippen LogP contribution in [0.15, 0.2) is 48.8 Å². The van der Waals surface area contributed by atoms with Crippen molar-refractivity contribution < 1.29 is 4.79 Å². The average Bonchev–Trinajstić information content (AvgIpc) is 3.13. The molecule has 0 spiro atoms. The van der Waals surface area contributed by atoms with Crippen molar-refractivity contribution in [2.45, 2.75) is 25.9 Å². The van der Waals surface area contributed by atoms with Crippen molar-refractivity contribution in [3.05, 3.63) is 71.3 Å². The third kappa shape index (κ3) is 3.23. The van der Waals surface area contributed by atoms with E-state index in [9.17, 15) is 4.79 Å². The monoisotopic (exact) mass is 347 g/mol. The summed E-state index contributed by atoms with van der Waals surface area (Å²) in [5.41, 5.74) is 5.84. The van der Waals surface area contributed by atoms with Crippen LogP contribution in [0.1, 0.15) is 40.3 Å². The number of H-pyrrole nitrogens is 1. The van der Waals surface area contributed by atoms with Gasteiger partial charge in [0.05, 0.1) is 6.04 Å². The second-order valence-corrected chi connectivity index (χ2v) is 6.51. The number of nitrogens with zero attached hydrogens (tertiary/aromatic N) is 2. The highest BCUT2D eigenvalue weighted by atomic mass is 16.2. The predicted molar refractivity (Wildman–Crippen MR) is 99.6 cm³/mol. The van der Waals surface area contributed by atoms with Crippen LogP contribution in [0.5, 0.6) is 0 Å². The van der Waals surface area contributed by atoms with E-state index in [4.69, 9.17) is 0 Å². The first-order valence-corrected chi connectivity index (χ1v) is 8.80. The Bertz CT molecular complexity index is 902. The molecule has 4 rings (SSSR count). The molecule has 1 aliphatic heterocycles. The summed E-state index contributed by atoms with van der Waals surface area (Å²) in [6, 6.07) is 12.1. The van der Waals surface area contributed by atoms with E-state index in [0.29, 0.717) is 12.2 Å². The Kier molecular flexibility index (Phi) is 4.50. The van der Waals surface area contributed by atoms with Gasteiger partial charge in [-0.1, -0.05) is 24.3 Å². The van der Waals surface area contributed by atoms with Gasteiger partial charge in [0, 0.05) is 43.2 Å². The minimum atomic E-state index is -0.142. The van der Waals surface area contributed by atoms with E-state index in [1.54, 1.807) is 12.4 Å². The molecule has 0 radical (unpaired) electrons. The molecule has 26 heavy (non-hydrogen) atoms. The number of pyridine rings is 1. The quantitative estimate of drug-likeness (QED) is 0.677. The van der Waals surface area contributed by atoms with Gasteiger partial charge in [-0.2, -0.15) is 5.10 Å². The third-order valence-corrected chi connectivity index (χ3v) is 4.79. The summed E-state index contributed by atoms with van der Waals surface area (Å²) in [6.07, 6.45) is 4.44. The van der Waals surface area contributed by atoms with Crippen molar-refractivity contribution in [1.29, 1.82) is 0 Å². The van der Waals surface area contributed by atoms with Crippen LogP contribution in [0.4, 0.5) is 0 Å². The zero-order valence-electron chi connectivity index (χ0n) is 14.6. The summed E-state index contributed by atoms with van der Waals surface area (Å²) in [5, 5.41) is 13.5. The van der Waals surface area contributed by atoms with E-state index in [-0.39, 0.29) is 11.9 Å². The summed E-state index contributed by atoms with van der Waals surface area (Å²) in [4.78, 5) is 16.7. The maximum atomic E-state index is 12.6. The van der Waals surface area contributed by atoms with Crippen molar-refractivity contribution in [3.63, 3.8) is 0 Å². The van der Waals surface area contributed by atoms with Gasteiger partial charge in [-0.3, -0.25) is 14.9 Å². The molecular weight excluding hydrogens is 326 g/mol. The second-order valence-electron chi connectivity index (χ2n) is 6.51. The summed E-state index contributed by atoms with van der Waals surface area (Å²) >= 11 is 0. The largest absolute Gasteiger partial charge is 0.344 e. The molecule has 0 saturated heterocycles. The number of aromatic nitrogens is 3.